The number of thiazole rings is 1. The highest BCUT2D eigenvalue weighted by Crippen LogP contribution is 2.27. The van der Waals surface area contributed by atoms with E-state index in [9.17, 15) is 14.4 Å². The Hall–Kier alpha value is -3.27. The number of carbonyl (C=O) groups is 1. The molecule has 0 atom stereocenters. The van der Waals surface area contributed by atoms with Gasteiger partial charge in [0.25, 0.3) is 5.56 Å². The third-order valence-electron chi connectivity index (χ3n) is 5.13. The molecular weight excluding hydrogens is 404 g/mol. The SMILES string of the molecule is CCc1ccc2nc(NC(=O)CCCn3cnc4c3c(=O)n(C)c(=O)n4C)sc2c1. The summed E-state index contributed by atoms with van der Waals surface area (Å²) in [5.41, 5.74) is 2.00. The van der Waals surface area contributed by atoms with Crippen LogP contribution >= 0.6 is 11.3 Å². The normalized spacial score (nSPS) is 11.4. The molecule has 0 radical (unpaired) electrons. The minimum Gasteiger partial charge on any atom is -0.325 e. The molecule has 0 saturated heterocycles. The van der Waals surface area contributed by atoms with Crippen molar-refractivity contribution in [2.75, 3.05) is 5.32 Å². The Morgan fingerprint density at radius 1 is 1.20 bits per heavy atom. The molecule has 1 amide bonds. The zero-order valence-electron chi connectivity index (χ0n) is 17.0. The maximum atomic E-state index is 12.5. The lowest BCUT2D eigenvalue weighted by atomic mass is 10.2. The Balaban J connectivity index is 1.43. The van der Waals surface area contributed by atoms with Crippen LogP contribution in [0.4, 0.5) is 5.13 Å². The maximum absolute atomic E-state index is 12.5. The molecule has 0 aliphatic rings. The number of aromatic nitrogens is 5. The molecule has 10 heteroatoms. The Labute approximate surface area is 175 Å². The highest BCUT2D eigenvalue weighted by atomic mass is 32.1. The largest absolute Gasteiger partial charge is 0.332 e. The van der Waals surface area contributed by atoms with Crippen molar-refractivity contribution in [2.45, 2.75) is 32.7 Å². The summed E-state index contributed by atoms with van der Waals surface area (Å²) in [6.45, 7) is 2.54. The van der Waals surface area contributed by atoms with Crippen LogP contribution in [0.1, 0.15) is 25.3 Å². The number of aryl methyl sites for hydroxylation is 3. The number of anilines is 1. The standard InChI is InChI=1S/C20H22N6O3S/c1-4-12-7-8-13-14(10-12)30-19(22-13)23-15(27)6-5-9-26-11-21-17-16(26)18(28)25(3)20(29)24(17)2/h7-8,10-11H,4-6,9H2,1-3H3,(H,22,23,27). The molecular formula is C20H22N6O3S. The summed E-state index contributed by atoms with van der Waals surface area (Å²) in [4.78, 5) is 45.5. The van der Waals surface area contributed by atoms with E-state index in [4.69, 9.17) is 0 Å². The second-order valence-electron chi connectivity index (χ2n) is 7.14. The van der Waals surface area contributed by atoms with E-state index in [1.54, 1.807) is 11.6 Å². The van der Waals surface area contributed by atoms with E-state index < -0.39 is 11.2 Å². The molecule has 3 heterocycles. The Morgan fingerprint density at radius 2 is 2.00 bits per heavy atom. The van der Waals surface area contributed by atoms with Crippen LogP contribution in [-0.4, -0.2) is 29.6 Å². The summed E-state index contributed by atoms with van der Waals surface area (Å²) in [7, 11) is 3.02. The van der Waals surface area contributed by atoms with Crippen LogP contribution in [0, 0.1) is 0 Å². The average Bonchev–Trinajstić information content (AvgIpc) is 3.33. The summed E-state index contributed by atoms with van der Waals surface area (Å²) < 4.78 is 5.14. The van der Waals surface area contributed by atoms with Crippen molar-refractivity contribution >= 4 is 43.8 Å². The quantitative estimate of drug-likeness (QED) is 0.508. The van der Waals surface area contributed by atoms with Gasteiger partial charge in [-0.05, 0) is 30.5 Å². The molecule has 4 rings (SSSR count). The lowest BCUT2D eigenvalue weighted by Crippen LogP contribution is -2.37. The minimum atomic E-state index is -0.418. The molecule has 0 aliphatic carbocycles. The number of imidazole rings is 1. The smallest absolute Gasteiger partial charge is 0.325 e. The number of benzene rings is 1. The molecule has 9 nitrogen and oxygen atoms in total. The van der Waals surface area contributed by atoms with Crippen molar-refractivity contribution in [3.63, 3.8) is 0 Å². The van der Waals surface area contributed by atoms with E-state index >= 15 is 0 Å². The van der Waals surface area contributed by atoms with Gasteiger partial charge < -0.3 is 9.88 Å². The minimum absolute atomic E-state index is 0.130. The van der Waals surface area contributed by atoms with Crippen LogP contribution in [0.25, 0.3) is 21.4 Å². The zero-order valence-corrected chi connectivity index (χ0v) is 17.8. The molecule has 0 unspecified atom stereocenters. The van der Waals surface area contributed by atoms with Crippen LogP contribution in [0.15, 0.2) is 34.1 Å². The molecule has 4 aromatic rings. The average molecular weight is 427 g/mol. The van der Waals surface area contributed by atoms with Crippen molar-refractivity contribution in [1.29, 1.82) is 0 Å². The van der Waals surface area contributed by atoms with E-state index in [0.717, 1.165) is 21.2 Å². The van der Waals surface area contributed by atoms with Gasteiger partial charge in [0, 0.05) is 27.1 Å². The summed E-state index contributed by atoms with van der Waals surface area (Å²) in [6, 6.07) is 6.11. The highest BCUT2D eigenvalue weighted by Gasteiger charge is 2.14. The van der Waals surface area contributed by atoms with Crippen LogP contribution in [0.2, 0.25) is 0 Å². The fourth-order valence-corrected chi connectivity index (χ4v) is 4.35. The third-order valence-corrected chi connectivity index (χ3v) is 6.06. The monoisotopic (exact) mass is 426 g/mol. The third kappa shape index (κ3) is 3.54. The van der Waals surface area contributed by atoms with E-state index in [-0.39, 0.29) is 12.3 Å². The van der Waals surface area contributed by atoms with Gasteiger partial charge in [-0.15, -0.1) is 0 Å². The van der Waals surface area contributed by atoms with Crippen molar-refractivity contribution in [3.8, 4) is 0 Å². The second-order valence-corrected chi connectivity index (χ2v) is 8.17. The van der Waals surface area contributed by atoms with Crippen molar-refractivity contribution in [3.05, 3.63) is 50.9 Å². The van der Waals surface area contributed by atoms with E-state index in [1.807, 2.05) is 12.1 Å². The summed E-state index contributed by atoms with van der Waals surface area (Å²) in [5.74, 6) is -0.130. The van der Waals surface area contributed by atoms with Crippen LogP contribution in [-0.2, 0) is 31.9 Å². The molecule has 0 bridgehead atoms. The number of nitrogens with one attached hydrogen (secondary N) is 1. The molecule has 0 fully saturated rings. The highest BCUT2D eigenvalue weighted by molar-refractivity contribution is 7.22. The second kappa shape index (κ2) is 7.86. The Morgan fingerprint density at radius 3 is 2.77 bits per heavy atom. The van der Waals surface area contributed by atoms with Gasteiger partial charge in [0.15, 0.2) is 16.3 Å². The van der Waals surface area contributed by atoms with Gasteiger partial charge in [-0.3, -0.25) is 18.7 Å². The first-order valence-corrected chi connectivity index (χ1v) is 10.5. The van der Waals surface area contributed by atoms with Crippen molar-refractivity contribution in [2.24, 2.45) is 14.1 Å². The summed E-state index contributed by atoms with van der Waals surface area (Å²) >= 11 is 1.46. The van der Waals surface area contributed by atoms with Gasteiger partial charge >= 0.3 is 5.69 Å². The number of carbonyl (C=O) groups excluding carboxylic acids is 1. The topological polar surface area (TPSA) is 104 Å². The Bertz CT molecular complexity index is 1380. The molecule has 1 aromatic carbocycles. The first-order valence-electron chi connectivity index (χ1n) is 9.69. The first kappa shape index (κ1) is 20.0. The fraction of sp³-hybridized carbons (Fsp3) is 0.350. The van der Waals surface area contributed by atoms with Crippen molar-refractivity contribution < 1.29 is 4.79 Å². The fourth-order valence-electron chi connectivity index (χ4n) is 3.40. The number of nitrogens with zero attached hydrogens (tertiary/aromatic N) is 5. The van der Waals surface area contributed by atoms with Crippen LogP contribution in [0.5, 0.6) is 0 Å². The predicted octanol–water partition coefficient (Wildman–Crippen LogP) is 2.02. The first-order chi connectivity index (χ1) is 14.4. The molecule has 30 heavy (non-hydrogen) atoms. The number of hydrogen-bond donors (Lipinski definition) is 1. The number of hydrogen-bond acceptors (Lipinski definition) is 6. The van der Waals surface area contributed by atoms with E-state index in [2.05, 4.69) is 28.3 Å². The van der Waals surface area contributed by atoms with Gasteiger partial charge in [0.05, 0.1) is 16.5 Å². The molecule has 0 aliphatic heterocycles. The van der Waals surface area contributed by atoms with Gasteiger partial charge in [0.2, 0.25) is 5.91 Å². The zero-order chi connectivity index (χ0) is 21.4. The molecule has 0 saturated carbocycles. The maximum Gasteiger partial charge on any atom is 0.332 e. The molecule has 3 aromatic heterocycles. The van der Waals surface area contributed by atoms with E-state index in [1.165, 1.54) is 34.8 Å². The summed E-state index contributed by atoms with van der Waals surface area (Å²) in [5, 5.41) is 3.44. The number of rotatable bonds is 6. The summed E-state index contributed by atoms with van der Waals surface area (Å²) in [6.07, 6.45) is 3.29. The van der Waals surface area contributed by atoms with E-state index in [0.29, 0.717) is 29.3 Å². The van der Waals surface area contributed by atoms with Crippen molar-refractivity contribution in [1.82, 2.24) is 23.7 Å². The predicted molar refractivity (Wildman–Crippen MR) is 117 cm³/mol. The van der Waals surface area contributed by atoms with Gasteiger partial charge in [-0.2, -0.15) is 0 Å². The Kier molecular flexibility index (Phi) is 5.25. The molecule has 156 valence electrons. The molecule has 1 N–H and O–H groups in total. The van der Waals surface area contributed by atoms with Gasteiger partial charge in [-0.1, -0.05) is 24.3 Å². The number of amides is 1. The number of fused-ring (bicyclic) bond motifs is 2. The van der Waals surface area contributed by atoms with Crippen LogP contribution < -0.4 is 16.6 Å². The van der Waals surface area contributed by atoms with Gasteiger partial charge in [-0.25, -0.2) is 14.8 Å². The lowest BCUT2D eigenvalue weighted by molar-refractivity contribution is -0.116. The molecule has 0 spiro atoms. The lowest BCUT2D eigenvalue weighted by Gasteiger charge is -2.06. The van der Waals surface area contributed by atoms with Gasteiger partial charge in [0.1, 0.15) is 0 Å². The van der Waals surface area contributed by atoms with Crippen LogP contribution in [0.3, 0.4) is 0 Å².